The largest absolute Gasteiger partial charge is 0.464 e. The number of thioether (sulfide) groups is 1. The van der Waals surface area contributed by atoms with E-state index in [2.05, 4.69) is 23.5 Å². The van der Waals surface area contributed by atoms with Gasteiger partial charge in [0.2, 0.25) is 5.83 Å². The Bertz CT molecular complexity index is 1070. The highest BCUT2D eigenvalue weighted by molar-refractivity contribution is 7.98. The normalized spacial score (nSPS) is 17.8. The number of nitrogen functional groups attached to an aromatic ring is 1. The van der Waals surface area contributed by atoms with E-state index in [1.807, 2.05) is 36.6 Å². The minimum absolute atomic E-state index is 0.150. The highest BCUT2D eigenvalue weighted by atomic mass is 32.2. The number of hydrogen-bond donors (Lipinski definition) is 1. The summed E-state index contributed by atoms with van der Waals surface area (Å²) in [6, 6.07) is 11.2. The molecule has 1 heterocycles. The molecule has 178 valence electrons. The smallest absolute Gasteiger partial charge is 0.370 e. The SMILES string of the molecule is CCC1(CC)CN(c2ccc(N)cc2)c2cc(SC)c(O/C=C(\F)C(=O)OC)cc2S(=O)C1. The van der Waals surface area contributed by atoms with Crippen molar-refractivity contribution < 1.29 is 22.9 Å². The maximum Gasteiger partial charge on any atom is 0.370 e. The highest BCUT2D eigenvalue weighted by Crippen LogP contribution is 2.45. The minimum atomic E-state index is -1.31. The number of methoxy groups -OCH3 is 1. The van der Waals surface area contributed by atoms with Gasteiger partial charge in [0.25, 0.3) is 0 Å². The molecule has 0 amide bonds. The summed E-state index contributed by atoms with van der Waals surface area (Å²) in [7, 11) is -0.216. The molecule has 0 aromatic heterocycles. The zero-order valence-electron chi connectivity index (χ0n) is 19.2. The maximum absolute atomic E-state index is 13.9. The Morgan fingerprint density at radius 2 is 1.94 bits per heavy atom. The molecule has 1 atom stereocenters. The van der Waals surface area contributed by atoms with Crippen molar-refractivity contribution in [3.63, 3.8) is 0 Å². The number of anilines is 3. The van der Waals surface area contributed by atoms with Gasteiger partial charge >= 0.3 is 5.97 Å². The Labute approximate surface area is 200 Å². The summed E-state index contributed by atoms with van der Waals surface area (Å²) in [6.07, 6.45) is 4.34. The summed E-state index contributed by atoms with van der Waals surface area (Å²) in [5, 5.41) is 0. The Morgan fingerprint density at radius 3 is 2.52 bits per heavy atom. The fourth-order valence-corrected chi connectivity index (χ4v) is 6.21. The second-order valence-corrected chi connectivity index (χ2v) is 10.2. The van der Waals surface area contributed by atoms with Gasteiger partial charge in [-0.25, -0.2) is 4.79 Å². The number of nitrogens with two attached hydrogens (primary N) is 1. The summed E-state index contributed by atoms with van der Waals surface area (Å²) < 4.78 is 37.3. The standard InChI is InChI=1S/C24H29FN2O4S2/c1-5-24(6-2)14-27(17-9-7-16(26)8-10-17)19-11-21(32-4)20(12-22(19)33(29)15-24)31-13-18(25)23(28)30-3/h7-13H,5-6,14-15,26H2,1-4H3/b18-13-. The van der Waals surface area contributed by atoms with Gasteiger partial charge < -0.3 is 20.1 Å². The number of halogens is 1. The topological polar surface area (TPSA) is 81.9 Å². The van der Waals surface area contributed by atoms with Crippen molar-refractivity contribution in [3.05, 3.63) is 48.5 Å². The van der Waals surface area contributed by atoms with E-state index in [0.717, 1.165) is 36.2 Å². The molecule has 2 N–H and O–H groups in total. The number of fused-ring (bicyclic) bond motifs is 1. The molecule has 0 saturated heterocycles. The zero-order chi connectivity index (χ0) is 24.2. The Hall–Kier alpha value is -2.52. The summed E-state index contributed by atoms with van der Waals surface area (Å²) in [5.41, 5.74) is 8.19. The molecule has 1 aliphatic rings. The lowest BCUT2D eigenvalue weighted by Gasteiger charge is -2.35. The van der Waals surface area contributed by atoms with Crippen molar-refractivity contribution >= 4 is 45.6 Å². The Kier molecular flexibility index (Phi) is 8.07. The van der Waals surface area contributed by atoms with E-state index >= 15 is 0 Å². The fourth-order valence-electron chi connectivity index (χ4n) is 3.82. The highest BCUT2D eigenvalue weighted by Gasteiger charge is 2.37. The quantitative estimate of drug-likeness (QED) is 0.182. The van der Waals surface area contributed by atoms with Crippen LogP contribution in [0.15, 0.2) is 58.3 Å². The average molecular weight is 493 g/mol. The van der Waals surface area contributed by atoms with Crippen LogP contribution in [0.5, 0.6) is 5.75 Å². The van der Waals surface area contributed by atoms with Crippen molar-refractivity contribution in [2.24, 2.45) is 5.41 Å². The number of ether oxygens (including phenoxy) is 2. The molecule has 0 saturated carbocycles. The third-order valence-corrected chi connectivity index (χ3v) is 8.54. The summed E-state index contributed by atoms with van der Waals surface area (Å²) >= 11 is 1.41. The van der Waals surface area contributed by atoms with Crippen molar-refractivity contribution in [2.75, 3.05) is 36.3 Å². The van der Waals surface area contributed by atoms with Crippen molar-refractivity contribution in [3.8, 4) is 5.75 Å². The van der Waals surface area contributed by atoms with Crippen molar-refractivity contribution in [1.82, 2.24) is 0 Å². The van der Waals surface area contributed by atoms with Crippen LogP contribution in [0.4, 0.5) is 21.5 Å². The lowest BCUT2D eigenvalue weighted by Crippen LogP contribution is -2.36. The molecule has 0 fully saturated rings. The van der Waals surface area contributed by atoms with Gasteiger partial charge in [-0.3, -0.25) is 4.21 Å². The van der Waals surface area contributed by atoms with Crippen LogP contribution >= 0.6 is 11.8 Å². The maximum atomic E-state index is 13.9. The molecular weight excluding hydrogens is 463 g/mol. The van der Waals surface area contributed by atoms with Gasteiger partial charge in [-0.15, -0.1) is 11.8 Å². The lowest BCUT2D eigenvalue weighted by molar-refractivity contribution is -0.137. The molecule has 1 unspecified atom stereocenters. The van der Waals surface area contributed by atoms with Crippen LogP contribution in [0.2, 0.25) is 0 Å². The first kappa shape index (κ1) is 25.1. The molecule has 3 rings (SSSR count). The summed E-state index contributed by atoms with van der Waals surface area (Å²) in [4.78, 5) is 14.9. The van der Waals surface area contributed by atoms with Crippen LogP contribution in [-0.2, 0) is 20.3 Å². The number of rotatable bonds is 7. The van der Waals surface area contributed by atoms with Gasteiger partial charge in [-0.2, -0.15) is 4.39 Å². The molecule has 9 heteroatoms. The molecular formula is C24H29FN2O4S2. The van der Waals surface area contributed by atoms with Gasteiger partial charge in [-0.1, -0.05) is 13.8 Å². The molecule has 33 heavy (non-hydrogen) atoms. The molecule has 0 radical (unpaired) electrons. The Morgan fingerprint density at radius 1 is 1.27 bits per heavy atom. The average Bonchev–Trinajstić information content (AvgIpc) is 2.96. The molecule has 6 nitrogen and oxygen atoms in total. The van der Waals surface area contributed by atoms with Gasteiger partial charge in [0.1, 0.15) is 12.0 Å². The molecule has 0 spiro atoms. The van der Waals surface area contributed by atoms with Gasteiger partial charge in [-0.05, 0) is 54.8 Å². The van der Waals surface area contributed by atoms with Gasteiger partial charge in [0.15, 0.2) is 0 Å². The lowest BCUT2D eigenvalue weighted by atomic mass is 9.83. The predicted molar refractivity (Wildman–Crippen MR) is 132 cm³/mol. The number of esters is 1. The first-order valence-electron chi connectivity index (χ1n) is 10.6. The third-order valence-electron chi connectivity index (χ3n) is 6.09. The van der Waals surface area contributed by atoms with Crippen LogP contribution in [0.25, 0.3) is 0 Å². The first-order valence-corrected chi connectivity index (χ1v) is 13.2. The van der Waals surface area contributed by atoms with Crippen LogP contribution in [-0.4, -0.2) is 35.8 Å². The van der Waals surface area contributed by atoms with Crippen molar-refractivity contribution in [2.45, 2.75) is 36.5 Å². The second-order valence-electron chi connectivity index (χ2n) is 7.92. The van der Waals surface area contributed by atoms with Gasteiger partial charge in [0.05, 0.1) is 33.4 Å². The van der Waals surface area contributed by atoms with E-state index in [0.29, 0.717) is 34.9 Å². The van der Waals surface area contributed by atoms with E-state index in [9.17, 15) is 13.4 Å². The number of carbonyl (C=O) groups excluding carboxylic acids is 1. The molecule has 2 aromatic carbocycles. The Balaban J connectivity index is 2.16. The summed E-state index contributed by atoms with van der Waals surface area (Å²) in [5.74, 6) is -1.45. The van der Waals surface area contributed by atoms with E-state index in [1.54, 1.807) is 6.07 Å². The number of benzene rings is 2. The predicted octanol–water partition coefficient (Wildman–Crippen LogP) is 5.42. The van der Waals surface area contributed by atoms with E-state index in [-0.39, 0.29) is 5.41 Å². The second kappa shape index (κ2) is 10.6. The van der Waals surface area contributed by atoms with Crippen LogP contribution in [0.1, 0.15) is 26.7 Å². The van der Waals surface area contributed by atoms with E-state index < -0.39 is 22.6 Å². The zero-order valence-corrected chi connectivity index (χ0v) is 20.9. The molecule has 0 bridgehead atoms. The number of hydrogen-bond acceptors (Lipinski definition) is 7. The first-order chi connectivity index (χ1) is 15.8. The van der Waals surface area contributed by atoms with Crippen LogP contribution in [0, 0.1) is 5.41 Å². The molecule has 2 aromatic rings. The summed E-state index contributed by atoms with van der Waals surface area (Å²) in [6.45, 7) is 4.95. The van der Waals surface area contributed by atoms with Crippen molar-refractivity contribution in [1.29, 1.82) is 0 Å². The monoisotopic (exact) mass is 492 g/mol. The van der Waals surface area contributed by atoms with Crippen LogP contribution in [0.3, 0.4) is 0 Å². The molecule has 1 aliphatic heterocycles. The van der Waals surface area contributed by atoms with E-state index in [4.69, 9.17) is 10.5 Å². The van der Waals surface area contributed by atoms with Crippen LogP contribution < -0.4 is 15.4 Å². The van der Waals surface area contributed by atoms with E-state index in [1.165, 1.54) is 11.8 Å². The third kappa shape index (κ3) is 5.35. The minimum Gasteiger partial charge on any atom is -0.464 e. The fraction of sp³-hybridized carbons (Fsp3) is 0.375. The van der Waals surface area contributed by atoms with Gasteiger partial charge in [0, 0.05) is 29.7 Å². The number of carbonyl (C=O) groups is 1. The molecule has 0 aliphatic carbocycles. The number of nitrogens with zero attached hydrogens (tertiary/aromatic N) is 1.